The van der Waals surface area contributed by atoms with Gasteiger partial charge in [0.15, 0.2) is 0 Å². The molecule has 7 nitrogen and oxygen atoms in total. The number of phenols is 2. The molecule has 41 heavy (non-hydrogen) atoms. The van der Waals surface area contributed by atoms with E-state index in [2.05, 4.69) is 4.98 Å². The molecule has 2 heterocycles. The molecule has 1 aromatic heterocycles. The molecule has 2 unspecified atom stereocenters. The third-order valence-electron chi connectivity index (χ3n) is 7.44. The second-order valence-electron chi connectivity index (χ2n) is 10.2. The maximum absolute atomic E-state index is 13.9. The molecule has 2 N–H and O–H groups in total. The molecule has 5 rings (SSSR count). The number of fused-ring (bicyclic) bond motifs is 1. The quantitative estimate of drug-likeness (QED) is 0.325. The summed E-state index contributed by atoms with van der Waals surface area (Å²) in [6.45, 7) is -0.186. The average Bonchev–Trinajstić information content (AvgIpc) is 2.95. The Hall–Kier alpha value is -4.60. The molecule has 1 aliphatic rings. The number of aromatic hydroxyl groups is 2. The van der Waals surface area contributed by atoms with E-state index in [1.807, 2.05) is 30.3 Å². The van der Waals surface area contributed by atoms with Gasteiger partial charge in [0.2, 0.25) is 0 Å². The predicted octanol–water partition coefficient (Wildman–Crippen LogP) is 5.45. The molecule has 1 saturated heterocycles. The van der Waals surface area contributed by atoms with Crippen LogP contribution in [0.1, 0.15) is 34.3 Å². The van der Waals surface area contributed by atoms with Crippen molar-refractivity contribution in [2.24, 2.45) is 0 Å². The van der Waals surface area contributed by atoms with Crippen LogP contribution in [0.2, 0.25) is 0 Å². The fourth-order valence-corrected chi connectivity index (χ4v) is 5.55. The number of carbonyl (C=O) groups excluding carboxylic acids is 2. The monoisotopic (exact) mass is 563 g/mol. The van der Waals surface area contributed by atoms with Crippen molar-refractivity contribution in [3.63, 3.8) is 0 Å². The lowest BCUT2D eigenvalue weighted by Gasteiger charge is -2.44. The van der Waals surface area contributed by atoms with E-state index in [1.54, 1.807) is 35.2 Å². The largest absolute Gasteiger partial charge is 0.508 e. The summed E-state index contributed by atoms with van der Waals surface area (Å²) in [5.41, 5.74) is 2.09. The zero-order valence-corrected chi connectivity index (χ0v) is 22.0. The van der Waals surface area contributed by atoms with Gasteiger partial charge in [0.05, 0.1) is 5.52 Å². The summed E-state index contributed by atoms with van der Waals surface area (Å²) in [6.07, 6.45) is -3.00. The molecular weight excluding hydrogens is 535 g/mol. The van der Waals surface area contributed by atoms with Crippen molar-refractivity contribution in [2.45, 2.75) is 44.1 Å². The molecule has 0 bridgehead atoms. The summed E-state index contributed by atoms with van der Waals surface area (Å²) < 4.78 is 41.7. The van der Waals surface area contributed by atoms with Crippen LogP contribution in [0.5, 0.6) is 11.5 Å². The molecule has 1 aliphatic heterocycles. The van der Waals surface area contributed by atoms with Crippen molar-refractivity contribution in [1.82, 2.24) is 14.8 Å². The molecule has 0 aliphatic carbocycles. The summed E-state index contributed by atoms with van der Waals surface area (Å²) in [7, 11) is 0. The van der Waals surface area contributed by atoms with E-state index < -0.39 is 30.1 Å². The van der Waals surface area contributed by atoms with Crippen LogP contribution < -0.4 is 0 Å². The molecule has 212 valence electrons. The fourth-order valence-electron chi connectivity index (χ4n) is 5.55. The Morgan fingerprint density at radius 1 is 0.951 bits per heavy atom. The number of hydrogen-bond donors (Lipinski definition) is 2. The lowest BCUT2D eigenvalue weighted by Crippen LogP contribution is -2.55. The molecule has 0 saturated carbocycles. The molecule has 10 heteroatoms. The number of carbonyl (C=O) groups is 2. The Kier molecular flexibility index (Phi) is 7.83. The highest BCUT2D eigenvalue weighted by atomic mass is 19.4. The molecule has 2 atom stereocenters. The van der Waals surface area contributed by atoms with Crippen molar-refractivity contribution in [1.29, 1.82) is 0 Å². The molecule has 4 aromatic rings. The lowest BCUT2D eigenvalue weighted by atomic mass is 9.90. The Balaban J connectivity index is 1.48. The van der Waals surface area contributed by atoms with Crippen molar-refractivity contribution >= 4 is 22.7 Å². The number of phenolic OH excluding ortho intramolecular Hbond substituents is 2. The van der Waals surface area contributed by atoms with E-state index >= 15 is 0 Å². The van der Waals surface area contributed by atoms with Gasteiger partial charge in [0.1, 0.15) is 11.5 Å². The smallest absolute Gasteiger partial charge is 0.471 e. The molecule has 0 spiro atoms. The van der Waals surface area contributed by atoms with Crippen LogP contribution in [-0.2, 0) is 17.8 Å². The number of likely N-dealkylation sites (tertiary alicyclic amines) is 1. The molecule has 0 radical (unpaired) electrons. The van der Waals surface area contributed by atoms with Crippen LogP contribution in [0.4, 0.5) is 13.2 Å². The van der Waals surface area contributed by atoms with E-state index in [1.165, 1.54) is 18.3 Å². The number of rotatable bonds is 6. The van der Waals surface area contributed by atoms with Crippen LogP contribution in [0.3, 0.4) is 0 Å². The Labute approximate surface area is 234 Å². The Morgan fingerprint density at radius 3 is 2.34 bits per heavy atom. The topological polar surface area (TPSA) is 94.0 Å². The highest BCUT2D eigenvalue weighted by molar-refractivity contribution is 5.95. The molecule has 1 fully saturated rings. The summed E-state index contributed by atoms with van der Waals surface area (Å²) >= 11 is 0. The maximum atomic E-state index is 13.9. The predicted molar refractivity (Wildman–Crippen MR) is 146 cm³/mol. The average molecular weight is 564 g/mol. The lowest BCUT2D eigenvalue weighted by molar-refractivity contribution is -0.189. The van der Waals surface area contributed by atoms with Crippen LogP contribution in [-0.4, -0.2) is 61.6 Å². The van der Waals surface area contributed by atoms with Gasteiger partial charge in [0, 0.05) is 48.4 Å². The maximum Gasteiger partial charge on any atom is 0.471 e. The standard InChI is InChI=1S/C31H28F3N3O4/c32-31(33,34)30(41)37(19-21-10-12-35-28-9-5-4-8-27(21)28)23-11-13-36(24(17-23)14-20-6-2-1-3-7-20)29(40)22-15-25(38)18-26(39)16-22/h1-10,12,15-16,18,23-24,38-39H,11,13-14,17,19H2. The minimum atomic E-state index is -5.08. The van der Waals surface area contributed by atoms with Gasteiger partial charge in [-0.2, -0.15) is 13.2 Å². The van der Waals surface area contributed by atoms with Crippen molar-refractivity contribution in [2.75, 3.05) is 6.54 Å². The van der Waals surface area contributed by atoms with Crippen LogP contribution in [0, 0.1) is 0 Å². The zero-order chi connectivity index (χ0) is 29.1. The number of para-hydroxylation sites is 1. The Morgan fingerprint density at radius 2 is 1.63 bits per heavy atom. The first kappa shape index (κ1) is 27.9. The number of piperidine rings is 1. The highest BCUT2D eigenvalue weighted by Gasteiger charge is 2.46. The summed E-state index contributed by atoms with van der Waals surface area (Å²) in [5, 5.41) is 20.5. The van der Waals surface area contributed by atoms with Crippen LogP contribution in [0.15, 0.2) is 85.1 Å². The van der Waals surface area contributed by atoms with E-state index in [4.69, 9.17) is 0 Å². The van der Waals surface area contributed by atoms with Gasteiger partial charge in [-0.3, -0.25) is 14.6 Å². The number of hydrogen-bond acceptors (Lipinski definition) is 5. The summed E-state index contributed by atoms with van der Waals surface area (Å²) in [5.74, 6) is -2.97. The first-order valence-electron chi connectivity index (χ1n) is 13.2. The second kappa shape index (κ2) is 11.5. The Bertz CT molecular complexity index is 1540. The van der Waals surface area contributed by atoms with Crippen LogP contribution >= 0.6 is 0 Å². The number of aromatic nitrogens is 1. The minimum absolute atomic E-state index is 0.0606. The minimum Gasteiger partial charge on any atom is -0.508 e. The molecule has 3 aromatic carbocycles. The van der Waals surface area contributed by atoms with Crippen LogP contribution in [0.25, 0.3) is 10.9 Å². The van der Waals surface area contributed by atoms with Gasteiger partial charge < -0.3 is 20.0 Å². The number of alkyl halides is 3. The SMILES string of the molecule is O=C(c1cc(O)cc(O)c1)N1CCC(N(Cc2ccnc3ccccc23)C(=O)C(F)(F)F)CC1Cc1ccccc1. The first-order valence-corrected chi connectivity index (χ1v) is 13.2. The fraction of sp³-hybridized carbons (Fsp3) is 0.258. The van der Waals surface area contributed by atoms with Gasteiger partial charge in [-0.15, -0.1) is 0 Å². The number of nitrogens with zero attached hydrogens (tertiary/aromatic N) is 3. The highest BCUT2D eigenvalue weighted by Crippen LogP contribution is 2.32. The van der Waals surface area contributed by atoms with Gasteiger partial charge in [-0.25, -0.2) is 0 Å². The van der Waals surface area contributed by atoms with Gasteiger partial charge in [-0.05, 0) is 54.7 Å². The van der Waals surface area contributed by atoms with Crippen molar-refractivity contribution < 1.29 is 33.0 Å². The van der Waals surface area contributed by atoms with Gasteiger partial charge in [-0.1, -0.05) is 48.5 Å². The number of halogens is 3. The number of benzene rings is 3. The summed E-state index contributed by atoms with van der Waals surface area (Å²) in [6, 6.07) is 20.2. The summed E-state index contributed by atoms with van der Waals surface area (Å²) in [4.78, 5) is 33.1. The van der Waals surface area contributed by atoms with E-state index in [-0.39, 0.29) is 43.0 Å². The number of pyridine rings is 1. The van der Waals surface area contributed by atoms with Crippen molar-refractivity contribution in [3.8, 4) is 11.5 Å². The van der Waals surface area contributed by atoms with E-state index in [0.29, 0.717) is 22.9 Å². The van der Waals surface area contributed by atoms with E-state index in [0.717, 1.165) is 16.5 Å². The van der Waals surface area contributed by atoms with Crippen molar-refractivity contribution in [3.05, 3.63) is 102 Å². The molecular formula is C31H28F3N3O4. The number of amides is 2. The third kappa shape index (κ3) is 6.26. The molecule has 2 amide bonds. The van der Waals surface area contributed by atoms with Gasteiger partial charge >= 0.3 is 12.1 Å². The second-order valence-corrected chi connectivity index (χ2v) is 10.2. The normalized spacial score (nSPS) is 17.4. The third-order valence-corrected chi connectivity index (χ3v) is 7.44. The van der Waals surface area contributed by atoms with Gasteiger partial charge in [0.25, 0.3) is 5.91 Å². The zero-order valence-electron chi connectivity index (χ0n) is 22.0. The first-order chi connectivity index (χ1) is 19.6. The van der Waals surface area contributed by atoms with E-state index in [9.17, 15) is 33.0 Å².